The van der Waals surface area contributed by atoms with Crippen LogP contribution in [0.3, 0.4) is 0 Å². The molecular formula is C7H12ClFO. The second-order valence-corrected chi connectivity index (χ2v) is 3.12. The highest BCUT2D eigenvalue weighted by Crippen LogP contribution is 2.11. The van der Waals surface area contributed by atoms with Crippen LogP contribution in [-0.2, 0) is 4.79 Å². The van der Waals surface area contributed by atoms with Crippen molar-refractivity contribution in [3.05, 3.63) is 0 Å². The topological polar surface area (TPSA) is 17.1 Å². The quantitative estimate of drug-likeness (QED) is 0.587. The van der Waals surface area contributed by atoms with Crippen molar-refractivity contribution in [1.82, 2.24) is 0 Å². The van der Waals surface area contributed by atoms with E-state index in [4.69, 9.17) is 11.6 Å². The monoisotopic (exact) mass is 166 g/mol. The second-order valence-electron chi connectivity index (χ2n) is 2.74. The summed E-state index contributed by atoms with van der Waals surface area (Å²) in [5, 5.41) is -0.874. The maximum Gasteiger partial charge on any atom is 0.255 e. The number of hydrogen-bond donors (Lipinski definition) is 0. The van der Waals surface area contributed by atoms with Gasteiger partial charge in [-0.25, -0.2) is 4.39 Å². The van der Waals surface area contributed by atoms with Gasteiger partial charge in [0.1, 0.15) is 0 Å². The summed E-state index contributed by atoms with van der Waals surface area (Å²) in [6, 6.07) is 0. The molecule has 60 valence electrons. The number of hydrogen-bond acceptors (Lipinski definition) is 1. The third-order valence-electron chi connectivity index (χ3n) is 1.24. The van der Waals surface area contributed by atoms with Gasteiger partial charge in [0.2, 0.25) is 0 Å². The molecule has 0 saturated carbocycles. The fourth-order valence-electron chi connectivity index (χ4n) is 0.593. The molecule has 1 atom stereocenters. The van der Waals surface area contributed by atoms with E-state index < -0.39 is 11.4 Å². The maximum absolute atomic E-state index is 12.4. The predicted octanol–water partition coefficient (Wildman–Crippen LogP) is 2.53. The van der Waals surface area contributed by atoms with Crippen molar-refractivity contribution in [2.75, 3.05) is 0 Å². The lowest BCUT2D eigenvalue weighted by Crippen LogP contribution is -2.09. The molecule has 0 aromatic carbocycles. The lowest BCUT2D eigenvalue weighted by Gasteiger charge is -2.04. The maximum atomic E-state index is 12.4. The zero-order valence-corrected chi connectivity index (χ0v) is 6.99. The van der Waals surface area contributed by atoms with E-state index in [0.29, 0.717) is 12.3 Å². The summed E-state index contributed by atoms with van der Waals surface area (Å²) in [5.41, 5.74) is 0. The van der Waals surface area contributed by atoms with Crippen LogP contribution in [0.4, 0.5) is 4.39 Å². The van der Waals surface area contributed by atoms with Gasteiger partial charge in [0, 0.05) is 0 Å². The molecule has 0 radical (unpaired) electrons. The Morgan fingerprint density at radius 3 is 2.30 bits per heavy atom. The molecule has 0 N–H and O–H groups in total. The van der Waals surface area contributed by atoms with Gasteiger partial charge in [0.05, 0.1) is 0 Å². The second kappa shape index (κ2) is 4.67. The highest BCUT2D eigenvalue weighted by molar-refractivity contribution is 6.64. The predicted molar refractivity (Wildman–Crippen MR) is 39.8 cm³/mol. The third-order valence-corrected chi connectivity index (χ3v) is 1.48. The Hall–Kier alpha value is -0.110. The molecule has 0 spiro atoms. The smallest absolute Gasteiger partial charge is 0.255 e. The first-order chi connectivity index (χ1) is 4.54. The molecular weight excluding hydrogens is 155 g/mol. The van der Waals surface area contributed by atoms with E-state index >= 15 is 0 Å². The fourth-order valence-corrected chi connectivity index (χ4v) is 0.702. The standard InChI is InChI=1S/C7H12ClFO/c1-5(2)3-4-6(9)7(8)10/h5-6H,3-4H2,1-2H3. The Morgan fingerprint density at radius 1 is 1.50 bits per heavy atom. The zero-order valence-electron chi connectivity index (χ0n) is 6.23. The van der Waals surface area contributed by atoms with Crippen molar-refractivity contribution in [2.45, 2.75) is 32.9 Å². The van der Waals surface area contributed by atoms with Gasteiger partial charge in [0.15, 0.2) is 6.17 Å². The summed E-state index contributed by atoms with van der Waals surface area (Å²) < 4.78 is 12.4. The molecule has 3 heteroatoms. The van der Waals surface area contributed by atoms with Crippen molar-refractivity contribution >= 4 is 16.8 Å². The molecule has 0 heterocycles. The van der Waals surface area contributed by atoms with E-state index in [1.807, 2.05) is 13.8 Å². The Labute approximate surface area is 65.6 Å². The average Bonchev–Trinajstić information content (AvgIpc) is 1.82. The van der Waals surface area contributed by atoms with Crippen LogP contribution in [0, 0.1) is 5.92 Å². The molecule has 0 aromatic heterocycles. The summed E-state index contributed by atoms with van der Waals surface area (Å²) in [7, 11) is 0. The van der Waals surface area contributed by atoms with E-state index in [0.717, 1.165) is 0 Å². The summed E-state index contributed by atoms with van der Waals surface area (Å²) >= 11 is 4.90. The minimum absolute atomic E-state index is 0.250. The van der Waals surface area contributed by atoms with Gasteiger partial charge >= 0.3 is 0 Å². The Bertz CT molecular complexity index is 114. The normalized spacial score (nSPS) is 13.7. The Morgan fingerprint density at radius 2 is 2.00 bits per heavy atom. The molecule has 0 aliphatic rings. The molecule has 1 unspecified atom stereocenters. The van der Waals surface area contributed by atoms with Crippen LogP contribution in [0.1, 0.15) is 26.7 Å². The van der Waals surface area contributed by atoms with Gasteiger partial charge in [-0.2, -0.15) is 0 Å². The van der Waals surface area contributed by atoms with Crippen molar-refractivity contribution in [3.63, 3.8) is 0 Å². The van der Waals surface area contributed by atoms with Crippen LogP contribution < -0.4 is 0 Å². The zero-order chi connectivity index (χ0) is 8.15. The van der Waals surface area contributed by atoms with E-state index in [2.05, 4.69) is 0 Å². The molecule has 0 saturated heterocycles. The number of alkyl halides is 1. The van der Waals surface area contributed by atoms with Crippen LogP contribution in [0.25, 0.3) is 0 Å². The van der Waals surface area contributed by atoms with E-state index in [1.54, 1.807) is 0 Å². The summed E-state index contributed by atoms with van der Waals surface area (Å²) in [4.78, 5) is 10.1. The van der Waals surface area contributed by atoms with Crippen LogP contribution in [-0.4, -0.2) is 11.4 Å². The van der Waals surface area contributed by atoms with Crippen LogP contribution in [0.2, 0.25) is 0 Å². The van der Waals surface area contributed by atoms with Crippen molar-refractivity contribution in [1.29, 1.82) is 0 Å². The van der Waals surface area contributed by atoms with Crippen LogP contribution in [0.5, 0.6) is 0 Å². The molecule has 0 aliphatic heterocycles. The Kier molecular flexibility index (Phi) is 4.62. The first-order valence-electron chi connectivity index (χ1n) is 3.37. The minimum Gasteiger partial charge on any atom is -0.278 e. The van der Waals surface area contributed by atoms with E-state index in [1.165, 1.54) is 0 Å². The van der Waals surface area contributed by atoms with Gasteiger partial charge in [-0.1, -0.05) is 13.8 Å². The van der Waals surface area contributed by atoms with Gasteiger partial charge in [0.25, 0.3) is 5.24 Å². The number of carbonyl (C=O) groups excluding carboxylic acids is 1. The molecule has 0 bridgehead atoms. The summed E-state index contributed by atoms with van der Waals surface area (Å²) in [6.45, 7) is 3.96. The minimum atomic E-state index is -1.47. The van der Waals surface area contributed by atoms with Gasteiger partial charge in [-0.05, 0) is 30.4 Å². The van der Waals surface area contributed by atoms with Gasteiger partial charge in [-0.3, -0.25) is 4.79 Å². The molecule has 0 amide bonds. The van der Waals surface area contributed by atoms with Crippen molar-refractivity contribution in [2.24, 2.45) is 5.92 Å². The fraction of sp³-hybridized carbons (Fsp3) is 0.857. The summed E-state index contributed by atoms with van der Waals surface area (Å²) in [5.74, 6) is 0.425. The molecule has 0 aromatic rings. The van der Waals surface area contributed by atoms with E-state index in [9.17, 15) is 9.18 Å². The molecule has 0 rings (SSSR count). The van der Waals surface area contributed by atoms with E-state index in [-0.39, 0.29) is 6.42 Å². The average molecular weight is 167 g/mol. The summed E-state index contributed by atoms with van der Waals surface area (Å²) in [6.07, 6.45) is -0.510. The Balaban J connectivity index is 3.40. The number of halogens is 2. The van der Waals surface area contributed by atoms with Crippen LogP contribution in [0.15, 0.2) is 0 Å². The number of rotatable bonds is 4. The SMILES string of the molecule is CC(C)CCC(F)C(=O)Cl. The van der Waals surface area contributed by atoms with Gasteiger partial charge < -0.3 is 0 Å². The third kappa shape index (κ3) is 4.74. The highest BCUT2D eigenvalue weighted by atomic mass is 35.5. The van der Waals surface area contributed by atoms with Gasteiger partial charge in [-0.15, -0.1) is 0 Å². The lowest BCUT2D eigenvalue weighted by molar-refractivity contribution is -0.116. The molecule has 10 heavy (non-hydrogen) atoms. The molecule has 0 fully saturated rings. The first kappa shape index (κ1) is 9.89. The number of carbonyl (C=O) groups is 1. The van der Waals surface area contributed by atoms with Crippen molar-refractivity contribution < 1.29 is 9.18 Å². The largest absolute Gasteiger partial charge is 0.278 e. The lowest BCUT2D eigenvalue weighted by atomic mass is 10.1. The molecule has 1 nitrogen and oxygen atoms in total. The van der Waals surface area contributed by atoms with Crippen LogP contribution >= 0.6 is 11.6 Å². The molecule has 0 aliphatic carbocycles. The highest BCUT2D eigenvalue weighted by Gasteiger charge is 2.13. The van der Waals surface area contributed by atoms with Crippen molar-refractivity contribution in [3.8, 4) is 0 Å². The first-order valence-corrected chi connectivity index (χ1v) is 3.75.